The first kappa shape index (κ1) is 20.0. The van der Waals surface area contributed by atoms with E-state index < -0.39 is 0 Å². The second-order valence-electron chi connectivity index (χ2n) is 7.11. The molecule has 2 rings (SSSR count). The average Bonchev–Trinajstić information content (AvgIpc) is 3.15. The molecular formula is C18H34N4O3. The second kappa shape index (κ2) is 10.6. The smallest absolute Gasteiger partial charge is 0.251 e. The van der Waals surface area contributed by atoms with E-state index in [2.05, 4.69) is 29.1 Å². The van der Waals surface area contributed by atoms with Crippen molar-refractivity contribution in [3.05, 3.63) is 0 Å². The number of nitrogens with zero attached hydrogens (tertiary/aromatic N) is 3. The lowest BCUT2D eigenvalue weighted by molar-refractivity contribution is -0.142. The van der Waals surface area contributed by atoms with Crippen molar-refractivity contribution in [2.24, 2.45) is 10.9 Å². The quantitative estimate of drug-likeness (QED) is 0.419. The van der Waals surface area contributed by atoms with Crippen LogP contribution in [-0.2, 0) is 14.3 Å². The van der Waals surface area contributed by atoms with Gasteiger partial charge in [-0.25, -0.2) is 0 Å². The first-order valence-corrected chi connectivity index (χ1v) is 9.55. The molecule has 0 bridgehead atoms. The van der Waals surface area contributed by atoms with E-state index in [1.807, 2.05) is 11.9 Å². The molecule has 1 amide bonds. The zero-order valence-corrected chi connectivity index (χ0v) is 16.0. The fourth-order valence-electron chi connectivity index (χ4n) is 3.14. The molecule has 0 aromatic heterocycles. The average molecular weight is 354 g/mol. The Balaban J connectivity index is 1.64. The molecule has 1 unspecified atom stereocenters. The zero-order valence-electron chi connectivity index (χ0n) is 16.0. The number of carbonyl (C=O) groups is 1. The van der Waals surface area contributed by atoms with Gasteiger partial charge in [-0.15, -0.1) is 0 Å². The number of hydrogen-bond donors (Lipinski definition) is 1. The highest BCUT2D eigenvalue weighted by Gasteiger charge is 2.30. The number of amides is 1. The fourth-order valence-corrected chi connectivity index (χ4v) is 3.14. The van der Waals surface area contributed by atoms with E-state index >= 15 is 0 Å². The Hall–Kier alpha value is -1.34. The van der Waals surface area contributed by atoms with Crippen molar-refractivity contribution < 1.29 is 14.3 Å². The Morgan fingerprint density at radius 2 is 2.00 bits per heavy atom. The molecule has 7 nitrogen and oxygen atoms in total. The van der Waals surface area contributed by atoms with Gasteiger partial charge in [0.15, 0.2) is 5.96 Å². The van der Waals surface area contributed by atoms with Gasteiger partial charge >= 0.3 is 0 Å². The maximum Gasteiger partial charge on any atom is 0.251 e. The molecule has 144 valence electrons. The molecule has 2 heterocycles. The summed E-state index contributed by atoms with van der Waals surface area (Å²) >= 11 is 0. The SMILES string of the molecule is CN=C(NCCCOCC(C)C)N1CCN(C(=O)C2CCCO2)CC1. The van der Waals surface area contributed by atoms with Crippen LogP contribution in [0.3, 0.4) is 0 Å². The number of ether oxygens (including phenoxy) is 2. The molecule has 1 atom stereocenters. The minimum Gasteiger partial charge on any atom is -0.381 e. The highest BCUT2D eigenvalue weighted by atomic mass is 16.5. The minimum atomic E-state index is -0.213. The minimum absolute atomic E-state index is 0.155. The number of piperazine rings is 1. The number of rotatable bonds is 7. The summed E-state index contributed by atoms with van der Waals surface area (Å²) in [6, 6.07) is 0. The normalized spacial score (nSPS) is 21.9. The molecule has 7 heteroatoms. The molecule has 2 aliphatic heterocycles. The van der Waals surface area contributed by atoms with Crippen LogP contribution in [0.2, 0.25) is 0 Å². The maximum atomic E-state index is 12.4. The molecule has 2 saturated heterocycles. The molecule has 0 aromatic rings. The summed E-state index contributed by atoms with van der Waals surface area (Å²) in [6.07, 6.45) is 2.60. The van der Waals surface area contributed by atoms with Gasteiger partial charge in [-0.05, 0) is 25.2 Å². The maximum absolute atomic E-state index is 12.4. The summed E-state index contributed by atoms with van der Waals surface area (Å²) in [7, 11) is 1.81. The number of aliphatic imine (C=N–C) groups is 1. The Morgan fingerprint density at radius 3 is 2.60 bits per heavy atom. The lowest BCUT2D eigenvalue weighted by atomic mass is 10.2. The van der Waals surface area contributed by atoms with Crippen LogP contribution in [0.15, 0.2) is 4.99 Å². The summed E-state index contributed by atoms with van der Waals surface area (Å²) in [5.41, 5.74) is 0. The third-order valence-electron chi connectivity index (χ3n) is 4.51. The van der Waals surface area contributed by atoms with Crippen molar-refractivity contribution in [1.29, 1.82) is 0 Å². The summed E-state index contributed by atoms with van der Waals surface area (Å²) in [4.78, 5) is 20.9. The van der Waals surface area contributed by atoms with Gasteiger partial charge in [0, 0.05) is 59.6 Å². The van der Waals surface area contributed by atoms with E-state index in [4.69, 9.17) is 9.47 Å². The number of nitrogens with one attached hydrogen (secondary N) is 1. The van der Waals surface area contributed by atoms with Crippen molar-refractivity contribution in [3.8, 4) is 0 Å². The van der Waals surface area contributed by atoms with Gasteiger partial charge in [0.1, 0.15) is 6.10 Å². The number of carbonyl (C=O) groups excluding carboxylic acids is 1. The number of guanidine groups is 1. The molecule has 0 radical (unpaired) electrons. The third-order valence-corrected chi connectivity index (χ3v) is 4.51. The van der Waals surface area contributed by atoms with Crippen LogP contribution in [-0.4, -0.2) is 87.4 Å². The van der Waals surface area contributed by atoms with Gasteiger partial charge in [-0.1, -0.05) is 13.8 Å². The van der Waals surface area contributed by atoms with Crippen LogP contribution < -0.4 is 5.32 Å². The van der Waals surface area contributed by atoms with E-state index in [0.29, 0.717) is 12.5 Å². The van der Waals surface area contributed by atoms with Gasteiger partial charge in [0.05, 0.1) is 0 Å². The molecule has 0 aromatic carbocycles. The van der Waals surface area contributed by atoms with Crippen LogP contribution in [0, 0.1) is 5.92 Å². The Labute approximate surface area is 151 Å². The van der Waals surface area contributed by atoms with Crippen LogP contribution in [0.25, 0.3) is 0 Å². The first-order valence-electron chi connectivity index (χ1n) is 9.55. The summed E-state index contributed by atoms with van der Waals surface area (Å²) in [5, 5.41) is 3.39. The molecule has 0 aliphatic carbocycles. The highest BCUT2D eigenvalue weighted by Crippen LogP contribution is 2.16. The predicted molar refractivity (Wildman–Crippen MR) is 98.8 cm³/mol. The summed E-state index contributed by atoms with van der Waals surface area (Å²) < 4.78 is 11.1. The molecule has 0 spiro atoms. The lowest BCUT2D eigenvalue weighted by Gasteiger charge is -2.37. The predicted octanol–water partition coefficient (Wildman–Crippen LogP) is 0.948. The zero-order chi connectivity index (χ0) is 18.1. The number of hydrogen-bond acceptors (Lipinski definition) is 4. The highest BCUT2D eigenvalue weighted by molar-refractivity contribution is 5.82. The van der Waals surface area contributed by atoms with E-state index in [9.17, 15) is 4.79 Å². The van der Waals surface area contributed by atoms with E-state index in [0.717, 1.165) is 71.2 Å². The molecule has 2 fully saturated rings. The molecule has 1 N–H and O–H groups in total. The standard InChI is InChI=1S/C18H34N4O3/c1-15(2)14-24-12-5-7-20-18(19-3)22-10-8-21(9-11-22)17(23)16-6-4-13-25-16/h15-16H,4-14H2,1-3H3,(H,19,20). The third kappa shape index (κ3) is 6.47. The molecular weight excluding hydrogens is 320 g/mol. The fraction of sp³-hybridized carbons (Fsp3) is 0.889. The Bertz CT molecular complexity index is 428. The van der Waals surface area contributed by atoms with Crippen molar-refractivity contribution in [1.82, 2.24) is 15.1 Å². The van der Waals surface area contributed by atoms with Crippen molar-refractivity contribution in [2.45, 2.75) is 39.2 Å². The summed E-state index contributed by atoms with van der Waals surface area (Å²) in [6.45, 7) is 10.5. The first-order chi connectivity index (χ1) is 12.1. The molecule has 2 aliphatic rings. The van der Waals surface area contributed by atoms with Crippen LogP contribution >= 0.6 is 0 Å². The molecule has 0 saturated carbocycles. The van der Waals surface area contributed by atoms with Crippen LogP contribution in [0.5, 0.6) is 0 Å². The van der Waals surface area contributed by atoms with E-state index in [-0.39, 0.29) is 12.0 Å². The lowest BCUT2D eigenvalue weighted by Crippen LogP contribution is -2.55. The van der Waals surface area contributed by atoms with Gasteiger partial charge in [-0.3, -0.25) is 9.79 Å². The van der Waals surface area contributed by atoms with Crippen molar-refractivity contribution >= 4 is 11.9 Å². The molecule has 25 heavy (non-hydrogen) atoms. The van der Waals surface area contributed by atoms with Gasteiger partial charge < -0.3 is 24.6 Å². The van der Waals surface area contributed by atoms with E-state index in [1.54, 1.807) is 0 Å². The topological polar surface area (TPSA) is 66.4 Å². The van der Waals surface area contributed by atoms with Crippen molar-refractivity contribution in [2.75, 3.05) is 59.6 Å². The van der Waals surface area contributed by atoms with Crippen molar-refractivity contribution in [3.63, 3.8) is 0 Å². The van der Waals surface area contributed by atoms with Crippen LogP contribution in [0.1, 0.15) is 33.1 Å². The Kier molecular flexibility index (Phi) is 8.48. The van der Waals surface area contributed by atoms with Gasteiger partial charge in [-0.2, -0.15) is 0 Å². The Morgan fingerprint density at radius 1 is 1.28 bits per heavy atom. The second-order valence-corrected chi connectivity index (χ2v) is 7.11. The monoisotopic (exact) mass is 354 g/mol. The van der Waals surface area contributed by atoms with Crippen LogP contribution in [0.4, 0.5) is 0 Å². The largest absolute Gasteiger partial charge is 0.381 e. The summed E-state index contributed by atoms with van der Waals surface area (Å²) in [5.74, 6) is 1.64. The van der Waals surface area contributed by atoms with Gasteiger partial charge in [0.25, 0.3) is 5.91 Å². The van der Waals surface area contributed by atoms with E-state index in [1.165, 1.54) is 0 Å². The van der Waals surface area contributed by atoms with Gasteiger partial charge in [0.2, 0.25) is 0 Å².